The molecular formula is C39H56O8. The molecule has 0 aromatic heterocycles. The molecule has 8 nitrogen and oxygen atoms in total. The molecule has 8 aliphatic rings. The number of rotatable bonds is 10. The molecule has 2 aliphatic heterocycles. The van der Waals surface area contributed by atoms with Crippen LogP contribution in [0.15, 0.2) is 0 Å². The van der Waals surface area contributed by atoms with Crippen molar-refractivity contribution in [3.05, 3.63) is 0 Å². The lowest BCUT2D eigenvalue weighted by molar-refractivity contribution is -0.170. The molecule has 0 radical (unpaired) electrons. The standard InChI is InChI=1S/C39H56O8/c1-19-21-14-24-25(19)31(41)45-29(24)27(21)47-32(42)38(17-36(38,7)8)16-35(5,6)10-11-37(9)18-39(37,15-34(2,3)4)33(43)46-26-20-12-22-23(13-20)30(40)44-28(22)26/h19-29H,10-18H2,1-9H3. The van der Waals surface area contributed by atoms with Gasteiger partial charge >= 0.3 is 23.9 Å². The van der Waals surface area contributed by atoms with E-state index in [-0.39, 0.29) is 111 Å². The van der Waals surface area contributed by atoms with Crippen LogP contribution in [0.1, 0.15) is 120 Å². The number of hydrogen-bond acceptors (Lipinski definition) is 8. The van der Waals surface area contributed by atoms with Crippen LogP contribution in [-0.4, -0.2) is 48.3 Å². The van der Waals surface area contributed by atoms with Gasteiger partial charge in [-0.1, -0.05) is 62.3 Å². The van der Waals surface area contributed by atoms with E-state index < -0.39 is 10.8 Å². The molecule has 0 spiro atoms. The van der Waals surface area contributed by atoms with Crippen LogP contribution in [0.4, 0.5) is 0 Å². The number of esters is 4. The highest BCUT2D eigenvalue weighted by Gasteiger charge is 2.74. The van der Waals surface area contributed by atoms with Gasteiger partial charge in [0.15, 0.2) is 0 Å². The van der Waals surface area contributed by atoms with Crippen molar-refractivity contribution in [1.29, 1.82) is 0 Å². The van der Waals surface area contributed by atoms with E-state index in [4.69, 9.17) is 18.9 Å². The second kappa shape index (κ2) is 9.56. The Hall–Kier alpha value is -2.12. The maximum atomic E-state index is 14.2. The average Bonchev–Trinajstić information content (AvgIpc) is 3.36. The van der Waals surface area contributed by atoms with Gasteiger partial charge in [-0.15, -0.1) is 0 Å². The predicted octanol–water partition coefficient (Wildman–Crippen LogP) is 6.66. The Bertz CT molecular complexity index is 1420. The second-order valence-electron chi connectivity index (χ2n) is 20.5. The topological polar surface area (TPSA) is 105 Å². The summed E-state index contributed by atoms with van der Waals surface area (Å²) in [6, 6.07) is 0. The van der Waals surface area contributed by atoms with Crippen molar-refractivity contribution in [2.45, 2.75) is 145 Å². The Labute approximate surface area is 280 Å². The molecule has 2 heterocycles. The molecule has 0 amide bonds. The number of hydrogen-bond donors (Lipinski definition) is 0. The van der Waals surface area contributed by atoms with Crippen LogP contribution in [0.2, 0.25) is 0 Å². The summed E-state index contributed by atoms with van der Waals surface area (Å²) in [7, 11) is 0. The molecule has 0 N–H and O–H groups in total. The zero-order valence-corrected chi connectivity index (χ0v) is 30.0. The molecule has 14 unspecified atom stereocenters. The van der Waals surface area contributed by atoms with Gasteiger partial charge in [-0.25, -0.2) is 0 Å². The van der Waals surface area contributed by atoms with E-state index in [0.29, 0.717) is 0 Å². The van der Waals surface area contributed by atoms with Crippen molar-refractivity contribution in [1.82, 2.24) is 0 Å². The van der Waals surface area contributed by atoms with Crippen LogP contribution in [0.5, 0.6) is 0 Å². The summed E-state index contributed by atoms with van der Waals surface area (Å²) < 4.78 is 24.3. The van der Waals surface area contributed by atoms with Gasteiger partial charge in [-0.05, 0) is 85.4 Å². The molecule has 47 heavy (non-hydrogen) atoms. The molecule has 2 saturated heterocycles. The lowest BCUT2D eigenvalue weighted by atomic mass is 9.71. The Morgan fingerprint density at radius 2 is 1.40 bits per heavy atom. The van der Waals surface area contributed by atoms with E-state index in [1.807, 2.05) is 0 Å². The third-order valence-corrected chi connectivity index (χ3v) is 15.2. The van der Waals surface area contributed by atoms with Gasteiger partial charge in [0.2, 0.25) is 0 Å². The first kappa shape index (κ1) is 32.1. The highest BCUT2D eigenvalue weighted by molar-refractivity contribution is 5.84. The van der Waals surface area contributed by atoms with Gasteiger partial charge in [-0.3, -0.25) is 19.2 Å². The summed E-state index contributed by atoms with van der Waals surface area (Å²) in [4.78, 5) is 53.2. The fourth-order valence-electron chi connectivity index (χ4n) is 12.5. The quantitative estimate of drug-likeness (QED) is 0.191. The minimum atomic E-state index is -0.562. The molecule has 4 bridgehead atoms. The molecule has 14 atom stereocenters. The number of carbonyl (C=O) groups excluding carboxylic acids is 4. The van der Waals surface area contributed by atoms with Crippen molar-refractivity contribution >= 4 is 23.9 Å². The fourth-order valence-corrected chi connectivity index (χ4v) is 12.5. The Kier molecular flexibility index (Phi) is 6.53. The number of fused-ring (bicyclic) bond motifs is 2. The van der Waals surface area contributed by atoms with Crippen LogP contribution in [-0.2, 0) is 38.1 Å². The van der Waals surface area contributed by atoms with Crippen LogP contribution in [0.25, 0.3) is 0 Å². The van der Waals surface area contributed by atoms with E-state index in [1.165, 1.54) is 0 Å². The molecule has 0 aromatic carbocycles. The van der Waals surface area contributed by atoms with E-state index in [1.54, 1.807) is 0 Å². The summed E-state index contributed by atoms with van der Waals surface area (Å²) in [5.74, 6) is 0.534. The maximum absolute atomic E-state index is 14.2. The van der Waals surface area contributed by atoms with Gasteiger partial charge in [0.05, 0.1) is 22.7 Å². The normalized spacial score (nSPS) is 49.3. The first-order valence-electron chi connectivity index (χ1n) is 18.5. The van der Waals surface area contributed by atoms with E-state index in [9.17, 15) is 19.2 Å². The van der Waals surface area contributed by atoms with E-state index in [0.717, 1.165) is 57.8 Å². The van der Waals surface area contributed by atoms with Crippen molar-refractivity contribution in [2.75, 3.05) is 0 Å². The third-order valence-electron chi connectivity index (χ3n) is 15.2. The smallest absolute Gasteiger partial charge is 0.313 e. The van der Waals surface area contributed by atoms with Crippen LogP contribution < -0.4 is 0 Å². The summed E-state index contributed by atoms with van der Waals surface area (Å²) >= 11 is 0. The van der Waals surface area contributed by atoms with Crippen molar-refractivity contribution in [3.8, 4) is 0 Å². The van der Waals surface area contributed by atoms with Gasteiger partial charge in [-0.2, -0.15) is 0 Å². The summed E-state index contributed by atoms with van der Waals surface area (Å²) in [6.45, 7) is 19.8. The van der Waals surface area contributed by atoms with Crippen molar-refractivity contribution in [3.63, 3.8) is 0 Å². The first-order valence-corrected chi connectivity index (χ1v) is 18.5. The highest BCUT2D eigenvalue weighted by atomic mass is 16.6. The summed E-state index contributed by atoms with van der Waals surface area (Å²) in [5.41, 5.74) is -1.69. The van der Waals surface area contributed by atoms with Crippen LogP contribution in [0, 0.1) is 73.9 Å². The monoisotopic (exact) mass is 652 g/mol. The Balaban J connectivity index is 0.942. The van der Waals surface area contributed by atoms with Gasteiger partial charge < -0.3 is 18.9 Å². The lowest BCUT2D eigenvalue weighted by Crippen LogP contribution is -2.42. The molecule has 260 valence electrons. The van der Waals surface area contributed by atoms with Crippen molar-refractivity contribution in [2.24, 2.45) is 73.9 Å². The molecule has 0 aromatic rings. The maximum Gasteiger partial charge on any atom is 0.313 e. The number of carbonyl (C=O) groups is 4. The third kappa shape index (κ3) is 4.49. The minimum Gasteiger partial charge on any atom is -0.458 e. The summed E-state index contributed by atoms with van der Waals surface area (Å²) in [5, 5.41) is 0. The molecule has 8 heteroatoms. The molecule has 6 aliphatic carbocycles. The van der Waals surface area contributed by atoms with Crippen molar-refractivity contribution < 1.29 is 38.1 Å². The zero-order chi connectivity index (χ0) is 33.9. The van der Waals surface area contributed by atoms with E-state index in [2.05, 4.69) is 62.3 Å². The predicted molar refractivity (Wildman–Crippen MR) is 171 cm³/mol. The number of ether oxygens (including phenoxy) is 4. The van der Waals surface area contributed by atoms with Crippen LogP contribution >= 0.6 is 0 Å². The molecular weight excluding hydrogens is 596 g/mol. The first-order chi connectivity index (χ1) is 21.7. The van der Waals surface area contributed by atoms with Gasteiger partial charge in [0.25, 0.3) is 0 Å². The van der Waals surface area contributed by atoms with Gasteiger partial charge in [0.1, 0.15) is 24.4 Å². The van der Waals surface area contributed by atoms with E-state index >= 15 is 0 Å². The minimum absolute atomic E-state index is 0.00150. The SMILES string of the molecule is CC1C2CC3C(OC(=O)C13)C2OC(=O)C1(CC(C)(C)CCC2(C)CC2(CC(C)(C)C)C(=O)OC2C3CC4C(=O)OC2C4C3)CC1(C)C. The van der Waals surface area contributed by atoms with Gasteiger partial charge in [0, 0.05) is 23.7 Å². The Morgan fingerprint density at radius 1 is 0.787 bits per heavy atom. The Morgan fingerprint density at radius 3 is 2.06 bits per heavy atom. The molecule has 8 rings (SSSR count). The second-order valence-corrected chi connectivity index (χ2v) is 20.5. The zero-order valence-electron chi connectivity index (χ0n) is 30.0. The summed E-state index contributed by atoms with van der Waals surface area (Å²) in [6.07, 6.45) is 6.24. The lowest BCUT2D eigenvalue weighted by Gasteiger charge is -2.36. The largest absolute Gasteiger partial charge is 0.458 e. The van der Waals surface area contributed by atoms with Crippen LogP contribution in [0.3, 0.4) is 0 Å². The molecule has 6 saturated carbocycles. The average molecular weight is 653 g/mol. The molecule has 8 fully saturated rings. The highest BCUT2D eigenvalue weighted by Crippen LogP contribution is 2.73. The fraction of sp³-hybridized carbons (Fsp3) is 0.897.